The second-order valence-electron chi connectivity index (χ2n) is 3.85. The van der Waals surface area contributed by atoms with Gasteiger partial charge in [-0.25, -0.2) is 0 Å². The maximum atomic E-state index is 12.0. The molecule has 0 spiro atoms. The van der Waals surface area contributed by atoms with Gasteiger partial charge in [0.05, 0.1) is 18.4 Å². The molecule has 1 aromatic heterocycles. The fourth-order valence-electron chi connectivity index (χ4n) is 1.67. The van der Waals surface area contributed by atoms with E-state index in [9.17, 15) is 4.79 Å². The van der Waals surface area contributed by atoms with E-state index in [1.165, 1.54) is 7.11 Å². The molecule has 0 radical (unpaired) electrons. The van der Waals surface area contributed by atoms with Crippen LogP contribution in [-0.2, 0) is 6.42 Å². The summed E-state index contributed by atoms with van der Waals surface area (Å²) in [5.74, 6) is 1.37. The van der Waals surface area contributed by atoms with Crippen LogP contribution >= 0.6 is 11.6 Å². The Morgan fingerprint density at radius 1 is 1.39 bits per heavy atom. The van der Waals surface area contributed by atoms with Crippen LogP contribution in [0.25, 0.3) is 0 Å². The van der Waals surface area contributed by atoms with Crippen molar-refractivity contribution in [1.29, 1.82) is 0 Å². The average Bonchev–Trinajstić information content (AvgIpc) is 2.89. The Bertz CT molecular complexity index is 532. The Labute approximate surface area is 110 Å². The number of ketones is 1. The Morgan fingerprint density at radius 3 is 2.89 bits per heavy atom. The Hall–Kier alpha value is -1.74. The van der Waals surface area contributed by atoms with Gasteiger partial charge in [0, 0.05) is 18.4 Å². The van der Waals surface area contributed by atoms with Crippen LogP contribution in [0.2, 0.25) is 5.02 Å². The number of hydrogen-bond donors (Lipinski definition) is 0. The van der Waals surface area contributed by atoms with E-state index in [1.807, 2.05) is 12.1 Å². The summed E-state index contributed by atoms with van der Waals surface area (Å²) < 4.78 is 10.3. The average molecular weight is 265 g/mol. The number of Topliss-reactive ketones (excluding diaryl/α,β-unsaturated/α-hetero) is 1. The molecule has 0 saturated heterocycles. The van der Waals surface area contributed by atoms with Crippen LogP contribution in [0.1, 0.15) is 22.5 Å². The second kappa shape index (κ2) is 5.74. The smallest absolute Gasteiger partial charge is 0.163 e. The molecular formula is C14H13ClO3. The first kappa shape index (κ1) is 12.7. The number of carbonyl (C=O) groups excluding carboxylic acids is 1. The quantitative estimate of drug-likeness (QED) is 0.772. The molecule has 0 aliphatic rings. The van der Waals surface area contributed by atoms with Gasteiger partial charge in [-0.2, -0.15) is 0 Å². The van der Waals surface area contributed by atoms with Crippen molar-refractivity contribution in [3.63, 3.8) is 0 Å². The van der Waals surface area contributed by atoms with Crippen LogP contribution in [0.4, 0.5) is 0 Å². The maximum absolute atomic E-state index is 12.0. The zero-order valence-corrected chi connectivity index (χ0v) is 10.7. The van der Waals surface area contributed by atoms with Crippen molar-refractivity contribution in [3.05, 3.63) is 52.9 Å². The van der Waals surface area contributed by atoms with Crippen LogP contribution in [0.5, 0.6) is 5.75 Å². The van der Waals surface area contributed by atoms with Crippen molar-refractivity contribution < 1.29 is 13.9 Å². The molecule has 0 aliphatic carbocycles. The highest BCUT2D eigenvalue weighted by Gasteiger charge is 2.10. The Kier molecular flexibility index (Phi) is 4.05. The SMILES string of the molecule is COc1cc(C(=O)CCc2ccco2)ccc1Cl. The van der Waals surface area contributed by atoms with Crippen molar-refractivity contribution in [2.24, 2.45) is 0 Å². The molecule has 3 nitrogen and oxygen atoms in total. The van der Waals surface area contributed by atoms with Crippen LogP contribution < -0.4 is 4.74 Å². The third-order valence-electron chi connectivity index (χ3n) is 2.65. The van der Waals surface area contributed by atoms with Crippen molar-refractivity contribution in [2.45, 2.75) is 12.8 Å². The molecule has 0 N–H and O–H groups in total. The molecule has 4 heteroatoms. The molecular weight excluding hydrogens is 252 g/mol. The number of benzene rings is 1. The van der Waals surface area contributed by atoms with Crippen LogP contribution in [0.15, 0.2) is 41.0 Å². The van der Waals surface area contributed by atoms with Gasteiger partial charge in [-0.1, -0.05) is 11.6 Å². The van der Waals surface area contributed by atoms with E-state index in [1.54, 1.807) is 24.5 Å². The molecule has 0 amide bonds. The zero-order valence-electron chi connectivity index (χ0n) is 9.98. The minimum Gasteiger partial charge on any atom is -0.495 e. The van der Waals surface area contributed by atoms with Gasteiger partial charge in [-0.05, 0) is 30.3 Å². The van der Waals surface area contributed by atoms with E-state index in [0.29, 0.717) is 29.2 Å². The highest BCUT2D eigenvalue weighted by Crippen LogP contribution is 2.25. The molecule has 94 valence electrons. The molecule has 2 aromatic rings. The summed E-state index contributed by atoms with van der Waals surface area (Å²) in [7, 11) is 1.53. The van der Waals surface area contributed by atoms with E-state index in [4.69, 9.17) is 20.8 Å². The van der Waals surface area contributed by atoms with Crippen LogP contribution in [0, 0.1) is 0 Å². The summed E-state index contributed by atoms with van der Waals surface area (Å²) in [6, 6.07) is 8.70. The summed E-state index contributed by atoms with van der Waals surface area (Å²) in [6.45, 7) is 0. The summed E-state index contributed by atoms with van der Waals surface area (Å²) in [6.07, 6.45) is 2.60. The minimum atomic E-state index is 0.0429. The van der Waals surface area contributed by atoms with Gasteiger partial charge < -0.3 is 9.15 Å². The summed E-state index contributed by atoms with van der Waals surface area (Å²) in [5, 5.41) is 0.500. The lowest BCUT2D eigenvalue weighted by Crippen LogP contribution is -2.01. The fraction of sp³-hybridized carbons (Fsp3) is 0.214. The Morgan fingerprint density at radius 2 is 2.22 bits per heavy atom. The highest BCUT2D eigenvalue weighted by atomic mass is 35.5. The van der Waals surface area contributed by atoms with Crippen LogP contribution in [0.3, 0.4) is 0 Å². The van der Waals surface area contributed by atoms with Gasteiger partial charge in [0.25, 0.3) is 0 Å². The first-order valence-corrected chi connectivity index (χ1v) is 5.97. The number of furan rings is 1. The van der Waals surface area contributed by atoms with Gasteiger partial charge in [-0.3, -0.25) is 4.79 Å². The lowest BCUT2D eigenvalue weighted by atomic mass is 10.1. The summed E-state index contributed by atoms with van der Waals surface area (Å²) >= 11 is 5.91. The maximum Gasteiger partial charge on any atom is 0.163 e. The number of ether oxygens (including phenoxy) is 1. The largest absolute Gasteiger partial charge is 0.495 e. The number of halogens is 1. The molecule has 1 aromatic carbocycles. The number of hydrogen-bond acceptors (Lipinski definition) is 3. The molecule has 0 unspecified atom stereocenters. The van der Waals surface area contributed by atoms with Crippen molar-refractivity contribution in [3.8, 4) is 5.75 Å². The van der Waals surface area contributed by atoms with E-state index >= 15 is 0 Å². The normalized spacial score (nSPS) is 10.3. The Balaban J connectivity index is 2.04. The number of rotatable bonds is 5. The van der Waals surface area contributed by atoms with Crippen LogP contribution in [-0.4, -0.2) is 12.9 Å². The summed E-state index contributed by atoms with van der Waals surface area (Å²) in [4.78, 5) is 12.0. The molecule has 2 rings (SSSR count). The summed E-state index contributed by atoms with van der Waals surface area (Å²) in [5.41, 5.74) is 0.600. The van der Waals surface area contributed by atoms with Crippen molar-refractivity contribution in [1.82, 2.24) is 0 Å². The van der Waals surface area contributed by atoms with Gasteiger partial charge >= 0.3 is 0 Å². The first-order chi connectivity index (χ1) is 8.70. The van der Waals surface area contributed by atoms with E-state index in [2.05, 4.69) is 0 Å². The second-order valence-corrected chi connectivity index (χ2v) is 4.26. The van der Waals surface area contributed by atoms with E-state index < -0.39 is 0 Å². The minimum absolute atomic E-state index is 0.0429. The molecule has 0 aliphatic heterocycles. The highest BCUT2D eigenvalue weighted by molar-refractivity contribution is 6.32. The van der Waals surface area contributed by atoms with Crippen molar-refractivity contribution >= 4 is 17.4 Å². The first-order valence-electron chi connectivity index (χ1n) is 5.60. The van der Waals surface area contributed by atoms with E-state index in [-0.39, 0.29) is 5.78 Å². The van der Waals surface area contributed by atoms with Gasteiger partial charge in [0.2, 0.25) is 0 Å². The molecule has 1 heterocycles. The molecule has 0 saturated carbocycles. The van der Waals surface area contributed by atoms with Crippen molar-refractivity contribution in [2.75, 3.05) is 7.11 Å². The molecule has 0 atom stereocenters. The lowest BCUT2D eigenvalue weighted by Gasteiger charge is -2.05. The van der Waals surface area contributed by atoms with Gasteiger partial charge in [-0.15, -0.1) is 0 Å². The third kappa shape index (κ3) is 2.93. The topological polar surface area (TPSA) is 39.4 Å². The molecule has 0 fully saturated rings. The van der Waals surface area contributed by atoms with Gasteiger partial charge in [0.1, 0.15) is 11.5 Å². The number of aryl methyl sites for hydroxylation is 1. The number of carbonyl (C=O) groups is 1. The predicted octanol–water partition coefficient (Wildman–Crippen LogP) is 3.76. The fourth-order valence-corrected chi connectivity index (χ4v) is 1.86. The standard InChI is InChI=1S/C14H13ClO3/c1-17-14-9-10(4-6-12(14)15)13(16)7-5-11-3-2-8-18-11/h2-4,6,8-9H,5,7H2,1H3. The zero-order chi connectivity index (χ0) is 13.0. The monoisotopic (exact) mass is 264 g/mol. The predicted molar refractivity (Wildman–Crippen MR) is 69.4 cm³/mol. The molecule has 0 bridgehead atoms. The van der Waals surface area contributed by atoms with Gasteiger partial charge in [0.15, 0.2) is 5.78 Å². The van der Waals surface area contributed by atoms with E-state index in [0.717, 1.165) is 5.76 Å². The molecule has 18 heavy (non-hydrogen) atoms. The third-order valence-corrected chi connectivity index (χ3v) is 2.96. The number of methoxy groups -OCH3 is 1. The lowest BCUT2D eigenvalue weighted by molar-refractivity contribution is 0.0980.